The second kappa shape index (κ2) is 18.2. The smallest absolute Gasteiger partial charge is 0.465 e. The van der Waals surface area contributed by atoms with E-state index >= 15 is 0 Å². The lowest BCUT2D eigenvalue weighted by Gasteiger charge is -2.47. The Morgan fingerprint density at radius 3 is 2.17 bits per heavy atom. The molecule has 54 heavy (non-hydrogen) atoms. The maximum atomic E-state index is 13.5. The van der Waals surface area contributed by atoms with Crippen LogP contribution in [-0.2, 0) is 80.3 Å². The van der Waals surface area contributed by atoms with Crippen LogP contribution >= 0.6 is 7.82 Å². The summed E-state index contributed by atoms with van der Waals surface area (Å²) in [5.41, 5.74) is 4.50. The first-order chi connectivity index (χ1) is 25.1. The van der Waals surface area contributed by atoms with Crippen molar-refractivity contribution in [2.24, 2.45) is 0 Å². The lowest BCUT2D eigenvalue weighted by molar-refractivity contribution is -0.312. The number of aliphatic hydroxyl groups is 2. The number of carbonyl (C=O) groups is 6. The van der Waals surface area contributed by atoms with Gasteiger partial charge in [-0.15, -0.1) is 0 Å². The molecule has 2 saturated heterocycles. The van der Waals surface area contributed by atoms with Crippen LogP contribution in [0.3, 0.4) is 0 Å². The lowest BCUT2D eigenvalue weighted by Crippen LogP contribution is -2.66. The second-order valence-electron chi connectivity index (χ2n) is 11.7. The molecular formula is C29H40N3O21P. The molecule has 25 heteroatoms. The van der Waals surface area contributed by atoms with Crippen molar-refractivity contribution in [1.82, 2.24) is 9.55 Å². The molecule has 3 rings (SSSR count). The summed E-state index contributed by atoms with van der Waals surface area (Å²) in [5, 5.41) is 21.1. The van der Waals surface area contributed by atoms with Crippen LogP contribution in [0, 0.1) is 0 Å². The van der Waals surface area contributed by atoms with Gasteiger partial charge in [0, 0.05) is 40.8 Å². The van der Waals surface area contributed by atoms with E-state index in [1.54, 1.807) is 0 Å². The maximum Gasteiger partial charge on any atom is 0.475 e. The number of anilines is 1. The van der Waals surface area contributed by atoms with Crippen LogP contribution in [0.2, 0.25) is 0 Å². The zero-order valence-corrected chi connectivity index (χ0v) is 30.5. The van der Waals surface area contributed by atoms with Gasteiger partial charge < -0.3 is 58.7 Å². The molecule has 0 radical (unpaired) electrons. The SMILES string of the molecule is COC(=O)[C@]1(OP(=O)(O)OC[C@H]2O[C@@H](n3ccc(N)nc3=O)[C@H](O)[C@@H]2O)C[C@H](OC(C)=O)[C@@H](OC(C)=O)[C@H]([C@H](OC(C)=O)[C@@H](COC(C)=O)OC(C)=O)O1. The molecule has 1 unspecified atom stereocenters. The van der Waals surface area contributed by atoms with Gasteiger partial charge >= 0.3 is 49.3 Å². The molecule has 0 amide bonds. The Morgan fingerprint density at radius 2 is 1.63 bits per heavy atom. The van der Waals surface area contributed by atoms with Crippen LogP contribution in [0.25, 0.3) is 0 Å². The van der Waals surface area contributed by atoms with Crippen LogP contribution in [0.1, 0.15) is 47.3 Å². The van der Waals surface area contributed by atoms with E-state index in [0.717, 1.165) is 52.5 Å². The Bertz CT molecular complexity index is 1690. The number of phosphoric ester groups is 1. The van der Waals surface area contributed by atoms with Gasteiger partial charge in [0.05, 0.1) is 20.1 Å². The largest absolute Gasteiger partial charge is 0.475 e. The van der Waals surface area contributed by atoms with E-state index in [1.165, 1.54) is 6.07 Å². The van der Waals surface area contributed by atoms with Crippen molar-refractivity contribution in [1.29, 1.82) is 0 Å². The average Bonchev–Trinajstić information content (AvgIpc) is 3.33. The van der Waals surface area contributed by atoms with Gasteiger partial charge in [-0.1, -0.05) is 0 Å². The number of ether oxygens (including phenoxy) is 8. The highest BCUT2D eigenvalue weighted by molar-refractivity contribution is 7.47. The van der Waals surface area contributed by atoms with Crippen LogP contribution in [0.15, 0.2) is 17.1 Å². The van der Waals surface area contributed by atoms with Gasteiger partial charge in [-0.05, 0) is 6.07 Å². The summed E-state index contributed by atoms with van der Waals surface area (Å²) in [7, 11) is -4.88. The third kappa shape index (κ3) is 11.2. The number of phosphoric acid groups is 1. The molecule has 0 saturated carbocycles. The molecule has 0 bridgehead atoms. The number of hydrogen-bond acceptors (Lipinski definition) is 22. The van der Waals surface area contributed by atoms with Crippen molar-refractivity contribution in [3.05, 3.63) is 22.7 Å². The molecule has 0 aromatic carbocycles. The fourth-order valence-corrected chi connectivity index (χ4v) is 6.43. The highest BCUT2D eigenvalue weighted by atomic mass is 31.2. The fourth-order valence-electron chi connectivity index (χ4n) is 5.47. The Kier molecular flexibility index (Phi) is 14.8. The van der Waals surface area contributed by atoms with E-state index in [0.29, 0.717) is 0 Å². The number of aromatic nitrogens is 2. The molecule has 1 aromatic heterocycles. The van der Waals surface area contributed by atoms with Gasteiger partial charge in [0.2, 0.25) is 0 Å². The number of esters is 6. The first kappa shape index (κ1) is 43.9. The van der Waals surface area contributed by atoms with Gasteiger partial charge in [0.25, 0.3) is 5.79 Å². The first-order valence-electron chi connectivity index (χ1n) is 15.7. The van der Waals surface area contributed by atoms with E-state index in [4.69, 9.17) is 52.7 Å². The van der Waals surface area contributed by atoms with E-state index in [2.05, 4.69) is 4.98 Å². The van der Waals surface area contributed by atoms with Crippen LogP contribution in [0.4, 0.5) is 5.82 Å². The fraction of sp³-hybridized carbons (Fsp3) is 0.655. The standard InChI is InChI=1S/C29H40N3O21P/c1-12(33)45-10-19(48-14(3)35)24(50-16(5)37)25-23(49-15(4)36)17(47-13(2)34)9-29(52-25,27(40)44-6)53-54(42,43)46-11-18-21(38)22(39)26(51-18)32-8-7-20(30)31-28(32)41/h7-8,17-19,21-26,38-39H,9-11H2,1-6H3,(H,42,43)(H2,30,31,41)/t17-,18+,19+,21+,22+,23+,24+,25+,26+,29+/m0/s1. The van der Waals surface area contributed by atoms with Gasteiger partial charge in [0.1, 0.15) is 42.9 Å². The number of aliphatic hydroxyl groups excluding tert-OH is 2. The third-order valence-corrected chi connectivity index (χ3v) is 8.49. The van der Waals surface area contributed by atoms with E-state index in [9.17, 15) is 53.2 Å². The normalized spacial score (nSPS) is 28.7. The molecule has 2 aliphatic heterocycles. The Balaban J connectivity index is 2.06. The molecule has 302 valence electrons. The molecule has 0 aliphatic carbocycles. The van der Waals surface area contributed by atoms with E-state index in [1.807, 2.05) is 0 Å². The number of methoxy groups -OCH3 is 1. The maximum absolute atomic E-state index is 13.5. The first-order valence-corrected chi connectivity index (χ1v) is 17.2. The molecule has 5 N–H and O–H groups in total. The van der Waals surface area contributed by atoms with Crippen LogP contribution in [0.5, 0.6) is 0 Å². The summed E-state index contributed by atoms with van der Waals surface area (Å²) in [6.07, 6.45) is -16.5. The van der Waals surface area contributed by atoms with Crippen LogP contribution in [-0.4, -0.2) is 135 Å². The van der Waals surface area contributed by atoms with Crippen molar-refractivity contribution in [3.63, 3.8) is 0 Å². The predicted molar refractivity (Wildman–Crippen MR) is 169 cm³/mol. The summed E-state index contributed by atoms with van der Waals surface area (Å²) in [6, 6.07) is 1.19. The molecule has 24 nitrogen and oxygen atoms in total. The molecule has 2 fully saturated rings. The third-order valence-electron chi connectivity index (χ3n) is 7.49. The minimum Gasteiger partial charge on any atom is -0.465 e. The number of rotatable bonds is 15. The van der Waals surface area contributed by atoms with E-state index < -0.39 is 130 Å². The summed E-state index contributed by atoms with van der Waals surface area (Å²) < 4.78 is 66.8. The zero-order chi connectivity index (χ0) is 40.7. The summed E-state index contributed by atoms with van der Waals surface area (Å²) in [4.78, 5) is 101. The van der Waals surface area contributed by atoms with Gasteiger partial charge in [-0.3, -0.25) is 33.1 Å². The van der Waals surface area contributed by atoms with Crippen molar-refractivity contribution in [2.45, 2.75) is 102 Å². The number of nitrogens with two attached hydrogens (primary N) is 1. The van der Waals surface area contributed by atoms with Crippen molar-refractivity contribution in [3.8, 4) is 0 Å². The summed E-state index contributed by atoms with van der Waals surface area (Å²) in [5.74, 6) is -10.1. The predicted octanol–water partition coefficient (Wildman–Crippen LogP) is -2.47. The Labute approximate surface area is 305 Å². The van der Waals surface area contributed by atoms with Gasteiger partial charge in [-0.25, -0.2) is 18.7 Å². The minimum atomic E-state index is -5.67. The molecule has 11 atom stereocenters. The van der Waals surface area contributed by atoms with Gasteiger partial charge in [0.15, 0.2) is 24.5 Å². The molecule has 0 spiro atoms. The Hall–Kier alpha value is -4.55. The number of nitrogens with zero attached hydrogens (tertiary/aromatic N) is 2. The quantitative estimate of drug-likeness (QED) is 0.0811. The zero-order valence-electron chi connectivity index (χ0n) is 29.6. The highest BCUT2D eigenvalue weighted by Crippen LogP contribution is 2.52. The minimum absolute atomic E-state index is 0.158. The number of hydrogen-bond donors (Lipinski definition) is 4. The second-order valence-corrected chi connectivity index (χ2v) is 13.1. The Morgan fingerprint density at radius 1 is 1.00 bits per heavy atom. The van der Waals surface area contributed by atoms with Gasteiger partial charge in [-0.2, -0.15) is 4.98 Å². The van der Waals surface area contributed by atoms with Crippen molar-refractivity contribution < 1.29 is 95.4 Å². The lowest BCUT2D eigenvalue weighted by atomic mass is 9.90. The molecule has 3 heterocycles. The number of nitrogen functional groups attached to an aromatic ring is 1. The average molecular weight is 798 g/mol. The topological polar surface area (TPSA) is 333 Å². The van der Waals surface area contributed by atoms with Crippen LogP contribution < -0.4 is 11.4 Å². The highest BCUT2D eigenvalue weighted by Gasteiger charge is 2.62. The molecular weight excluding hydrogens is 757 g/mol. The van der Waals surface area contributed by atoms with Crippen molar-refractivity contribution in [2.75, 3.05) is 26.1 Å². The summed E-state index contributed by atoms with van der Waals surface area (Å²) in [6.45, 7) is 2.74. The molecule has 2 aliphatic rings. The number of carbonyl (C=O) groups excluding carboxylic acids is 6. The molecule has 1 aromatic rings. The monoisotopic (exact) mass is 797 g/mol. The van der Waals surface area contributed by atoms with Crippen molar-refractivity contribution >= 4 is 49.5 Å². The van der Waals surface area contributed by atoms with E-state index in [-0.39, 0.29) is 5.82 Å². The summed E-state index contributed by atoms with van der Waals surface area (Å²) >= 11 is 0.